The number of hydrogen-bond acceptors (Lipinski definition) is 6. The lowest BCUT2D eigenvalue weighted by Gasteiger charge is -2.23. The van der Waals surface area contributed by atoms with Crippen LogP contribution in [0, 0.1) is 5.92 Å². The predicted molar refractivity (Wildman–Crippen MR) is 121 cm³/mol. The Kier molecular flexibility index (Phi) is 6.80. The first-order valence-corrected chi connectivity index (χ1v) is 11.0. The zero-order valence-electron chi connectivity index (χ0n) is 18.9. The highest BCUT2D eigenvalue weighted by atomic mass is 16.5. The number of benzene rings is 1. The van der Waals surface area contributed by atoms with E-state index in [0.717, 1.165) is 50.0 Å². The van der Waals surface area contributed by atoms with Crippen LogP contribution < -0.4 is 10.1 Å². The standard InChI is InChI=1S/C24H30N6O2/c1-17(2)22(26-24(31)19-9-6-7-12-25-19)23-28-27-21-11-13-29(14-15-30(21)23)16-18-8-4-5-10-20(18)32-3/h4-10,12,17,22H,11,13-16H2,1-3H3,(H,26,31)/t22-/m1/s1. The number of rotatable bonds is 7. The largest absolute Gasteiger partial charge is 0.496 e. The SMILES string of the molecule is COc1ccccc1CN1CCc2nnc([C@H](NC(=O)c3ccccn3)C(C)C)n2CC1. The average molecular weight is 435 g/mol. The highest BCUT2D eigenvalue weighted by Crippen LogP contribution is 2.24. The molecule has 32 heavy (non-hydrogen) atoms. The van der Waals surface area contributed by atoms with Gasteiger partial charge in [0, 0.05) is 44.4 Å². The minimum Gasteiger partial charge on any atom is -0.496 e. The first-order valence-electron chi connectivity index (χ1n) is 11.0. The third-order valence-electron chi connectivity index (χ3n) is 5.86. The van der Waals surface area contributed by atoms with Gasteiger partial charge in [-0.3, -0.25) is 14.7 Å². The fourth-order valence-corrected chi connectivity index (χ4v) is 4.09. The smallest absolute Gasteiger partial charge is 0.270 e. The molecule has 2 aromatic heterocycles. The lowest BCUT2D eigenvalue weighted by molar-refractivity contribution is 0.0916. The molecule has 0 saturated carbocycles. The van der Waals surface area contributed by atoms with E-state index in [4.69, 9.17) is 4.74 Å². The number of para-hydroxylation sites is 1. The van der Waals surface area contributed by atoms with Crippen LogP contribution in [0.4, 0.5) is 0 Å². The number of carbonyl (C=O) groups is 1. The average Bonchev–Trinajstić information content (AvgIpc) is 3.11. The summed E-state index contributed by atoms with van der Waals surface area (Å²) in [5.74, 6) is 2.63. The van der Waals surface area contributed by atoms with Crippen molar-refractivity contribution in [3.8, 4) is 5.75 Å². The highest BCUT2D eigenvalue weighted by Gasteiger charge is 2.28. The number of pyridine rings is 1. The van der Waals surface area contributed by atoms with Gasteiger partial charge < -0.3 is 14.6 Å². The zero-order chi connectivity index (χ0) is 22.5. The van der Waals surface area contributed by atoms with Gasteiger partial charge in [0.05, 0.1) is 13.2 Å². The van der Waals surface area contributed by atoms with E-state index in [0.29, 0.717) is 5.69 Å². The molecule has 4 rings (SSSR count). The summed E-state index contributed by atoms with van der Waals surface area (Å²) in [4.78, 5) is 19.3. The minimum absolute atomic E-state index is 0.156. The van der Waals surface area contributed by atoms with Gasteiger partial charge in [0.25, 0.3) is 5.91 Å². The number of carbonyl (C=O) groups excluding carboxylic acids is 1. The Bertz CT molecular complexity index is 1050. The molecule has 1 N–H and O–H groups in total. The molecular weight excluding hydrogens is 404 g/mol. The minimum atomic E-state index is -0.244. The van der Waals surface area contributed by atoms with Gasteiger partial charge >= 0.3 is 0 Å². The Morgan fingerprint density at radius 2 is 1.91 bits per heavy atom. The molecule has 0 fully saturated rings. The summed E-state index contributed by atoms with van der Waals surface area (Å²) >= 11 is 0. The Labute approximate surface area is 188 Å². The molecule has 168 valence electrons. The van der Waals surface area contributed by atoms with Gasteiger partial charge in [-0.25, -0.2) is 0 Å². The number of nitrogens with zero attached hydrogens (tertiary/aromatic N) is 5. The zero-order valence-corrected chi connectivity index (χ0v) is 18.9. The summed E-state index contributed by atoms with van der Waals surface area (Å²) in [6, 6.07) is 13.2. The Hall–Kier alpha value is -3.26. The molecular formula is C24H30N6O2. The van der Waals surface area contributed by atoms with E-state index in [1.807, 2.05) is 24.3 Å². The van der Waals surface area contributed by atoms with Gasteiger partial charge in [0.15, 0.2) is 5.82 Å². The fraction of sp³-hybridized carbons (Fsp3) is 0.417. The molecule has 0 bridgehead atoms. The van der Waals surface area contributed by atoms with Crippen LogP contribution >= 0.6 is 0 Å². The van der Waals surface area contributed by atoms with Crippen LogP contribution in [0.5, 0.6) is 5.75 Å². The quantitative estimate of drug-likeness (QED) is 0.616. The molecule has 3 heterocycles. The Balaban J connectivity index is 1.49. The second-order valence-corrected chi connectivity index (χ2v) is 8.37. The number of ether oxygens (including phenoxy) is 1. The molecule has 0 spiro atoms. The number of methoxy groups -OCH3 is 1. The van der Waals surface area contributed by atoms with Crippen molar-refractivity contribution in [3.63, 3.8) is 0 Å². The van der Waals surface area contributed by atoms with Crippen LogP contribution in [-0.2, 0) is 19.5 Å². The van der Waals surface area contributed by atoms with Crippen LogP contribution in [0.1, 0.15) is 47.6 Å². The maximum atomic E-state index is 12.8. The third-order valence-corrected chi connectivity index (χ3v) is 5.86. The molecule has 1 aliphatic rings. The van der Waals surface area contributed by atoms with Crippen molar-refractivity contribution in [2.75, 3.05) is 20.2 Å². The van der Waals surface area contributed by atoms with Gasteiger partial charge in [-0.05, 0) is 24.1 Å². The molecule has 1 aliphatic heterocycles. The van der Waals surface area contributed by atoms with Gasteiger partial charge in [-0.2, -0.15) is 0 Å². The van der Waals surface area contributed by atoms with Crippen molar-refractivity contribution in [1.29, 1.82) is 0 Å². The van der Waals surface area contributed by atoms with Gasteiger partial charge in [0.2, 0.25) is 0 Å². The normalized spacial score (nSPS) is 15.1. The number of hydrogen-bond donors (Lipinski definition) is 1. The second kappa shape index (κ2) is 9.91. The number of amides is 1. The van der Waals surface area contributed by atoms with Crippen molar-refractivity contribution in [1.82, 2.24) is 30.0 Å². The van der Waals surface area contributed by atoms with E-state index in [-0.39, 0.29) is 17.9 Å². The topological polar surface area (TPSA) is 85.2 Å². The molecule has 0 aliphatic carbocycles. The summed E-state index contributed by atoms with van der Waals surface area (Å²) < 4.78 is 7.69. The van der Waals surface area contributed by atoms with Crippen LogP contribution in [0.25, 0.3) is 0 Å². The molecule has 0 radical (unpaired) electrons. The Morgan fingerprint density at radius 1 is 1.09 bits per heavy atom. The molecule has 3 aromatic rings. The van der Waals surface area contributed by atoms with Crippen LogP contribution in [0.2, 0.25) is 0 Å². The lowest BCUT2D eigenvalue weighted by atomic mass is 10.0. The van der Waals surface area contributed by atoms with Crippen LogP contribution in [0.15, 0.2) is 48.7 Å². The van der Waals surface area contributed by atoms with E-state index < -0.39 is 0 Å². The van der Waals surface area contributed by atoms with Gasteiger partial charge in [0.1, 0.15) is 17.3 Å². The van der Waals surface area contributed by atoms with E-state index in [2.05, 4.69) is 49.9 Å². The van der Waals surface area contributed by atoms with Crippen molar-refractivity contribution >= 4 is 5.91 Å². The van der Waals surface area contributed by atoms with Crippen LogP contribution in [0.3, 0.4) is 0 Å². The summed E-state index contributed by atoms with van der Waals surface area (Å²) in [5.41, 5.74) is 1.58. The van der Waals surface area contributed by atoms with Crippen molar-refractivity contribution in [3.05, 3.63) is 71.6 Å². The predicted octanol–water partition coefficient (Wildman–Crippen LogP) is 2.87. The maximum Gasteiger partial charge on any atom is 0.270 e. The first kappa shape index (κ1) is 22.0. The van der Waals surface area contributed by atoms with Crippen molar-refractivity contribution in [2.24, 2.45) is 5.92 Å². The molecule has 0 unspecified atom stereocenters. The maximum absolute atomic E-state index is 12.8. The van der Waals surface area contributed by atoms with E-state index in [1.165, 1.54) is 5.56 Å². The number of fused-ring (bicyclic) bond motifs is 1. The molecule has 1 aromatic carbocycles. The van der Waals surface area contributed by atoms with E-state index in [9.17, 15) is 4.79 Å². The summed E-state index contributed by atoms with van der Waals surface area (Å²) in [6.07, 6.45) is 2.43. The van der Waals surface area contributed by atoms with E-state index in [1.54, 1.807) is 25.4 Å². The molecule has 1 amide bonds. The van der Waals surface area contributed by atoms with Gasteiger partial charge in [-0.1, -0.05) is 38.1 Å². The number of aromatic nitrogens is 4. The van der Waals surface area contributed by atoms with Crippen molar-refractivity contribution < 1.29 is 9.53 Å². The highest BCUT2D eigenvalue weighted by molar-refractivity contribution is 5.92. The van der Waals surface area contributed by atoms with E-state index >= 15 is 0 Å². The summed E-state index contributed by atoms with van der Waals surface area (Å²) in [5, 5.41) is 12.1. The molecule has 8 nitrogen and oxygen atoms in total. The lowest BCUT2D eigenvalue weighted by Crippen LogP contribution is -2.34. The fourth-order valence-electron chi connectivity index (χ4n) is 4.09. The van der Waals surface area contributed by atoms with Crippen LogP contribution in [-0.4, -0.2) is 50.8 Å². The summed E-state index contributed by atoms with van der Waals surface area (Å²) in [7, 11) is 1.71. The molecule has 8 heteroatoms. The second-order valence-electron chi connectivity index (χ2n) is 8.37. The monoisotopic (exact) mass is 434 g/mol. The first-order chi connectivity index (χ1) is 15.6. The third kappa shape index (κ3) is 4.80. The molecule has 1 atom stereocenters. The Morgan fingerprint density at radius 3 is 2.66 bits per heavy atom. The van der Waals surface area contributed by atoms with Crippen molar-refractivity contribution in [2.45, 2.75) is 39.4 Å². The molecule has 0 saturated heterocycles. The van der Waals surface area contributed by atoms with Gasteiger partial charge in [-0.15, -0.1) is 10.2 Å². The number of nitrogens with one attached hydrogen (secondary N) is 1. The summed E-state index contributed by atoms with van der Waals surface area (Å²) in [6.45, 7) is 7.51.